The monoisotopic (exact) mass is 259 g/mol. The predicted octanol–water partition coefficient (Wildman–Crippen LogP) is 2.88. The van der Waals surface area contributed by atoms with Crippen LogP contribution in [0.2, 0.25) is 0 Å². The molecule has 4 nitrogen and oxygen atoms in total. The van der Waals surface area contributed by atoms with Gasteiger partial charge < -0.3 is 14.6 Å². The van der Waals surface area contributed by atoms with E-state index in [1.807, 2.05) is 28.1 Å². The van der Waals surface area contributed by atoms with E-state index in [0.717, 1.165) is 24.3 Å². The standard InChI is InChI=1S/C15H21N3O/c1-11-14(17-15(16-2)19-11)10-7-12-5-8-13(9-6-12)18(3)4/h5-6,8-9H,7,10H2,1-4H3,(H,16,17). The van der Waals surface area contributed by atoms with Crippen molar-refractivity contribution in [3.05, 3.63) is 41.3 Å². The largest absolute Gasteiger partial charge is 0.429 e. The zero-order valence-electron chi connectivity index (χ0n) is 12.0. The van der Waals surface area contributed by atoms with E-state index in [9.17, 15) is 0 Å². The molecule has 102 valence electrons. The highest BCUT2D eigenvalue weighted by molar-refractivity contribution is 5.46. The van der Waals surface area contributed by atoms with Crippen LogP contribution >= 0.6 is 0 Å². The van der Waals surface area contributed by atoms with Gasteiger partial charge in [-0.1, -0.05) is 12.1 Å². The maximum Gasteiger partial charge on any atom is 0.294 e. The molecule has 0 radical (unpaired) electrons. The minimum Gasteiger partial charge on any atom is -0.429 e. The summed E-state index contributed by atoms with van der Waals surface area (Å²) in [6.07, 6.45) is 1.88. The quantitative estimate of drug-likeness (QED) is 0.896. The van der Waals surface area contributed by atoms with Crippen molar-refractivity contribution in [2.45, 2.75) is 19.8 Å². The summed E-state index contributed by atoms with van der Waals surface area (Å²) in [4.78, 5) is 6.51. The molecule has 1 aromatic carbocycles. The van der Waals surface area contributed by atoms with Gasteiger partial charge in [0.25, 0.3) is 6.01 Å². The van der Waals surface area contributed by atoms with Crippen molar-refractivity contribution >= 4 is 11.7 Å². The first-order valence-corrected chi connectivity index (χ1v) is 6.50. The second-order valence-corrected chi connectivity index (χ2v) is 4.83. The molecule has 0 aliphatic heterocycles. The van der Waals surface area contributed by atoms with Gasteiger partial charge in [-0.3, -0.25) is 0 Å². The van der Waals surface area contributed by atoms with E-state index in [4.69, 9.17) is 4.42 Å². The number of oxazole rings is 1. The van der Waals surface area contributed by atoms with Crippen molar-refractivity contribution in [3.8, 4) is 0 Å². The molecule has 0 saturated carbocycles. The van der Waals surface area contributed by atoms with E-state index in [2.05, 4.69) is 39.5 Å². The summed E-state index contributed by atoms with van der Waals surface area (Å²) < 4.78 is 5.47. The number of aromatic nitrogens is 1. The van der Waals surface area contributed by atoms with Crippen molar-refractivity contribution in [2.24, 2.45) is 0 Å². The second-order valence-electron chi connectivity index (χ2n) is 4.83. The fourth-order valence-corrected chi connectivity index (χ4v) is 1.99. The Balaban J connectivity index is 1.99. The summed E-state index contributed by atoms with van der Waals surface area (Å²) in [6, 6.07) is 9.22. The molecule has 2 aromatic rings. The van der Waals surface area contributed by atoms with Gasteiger partial charge in [-0.25, -0.2) is 0 Å². The fraction of sp³-hybridized carbons (Fsp3) is 0.400. The Morgan fingerprint density at radius 2 is 1.84 bits per heavy atom. The molecule has 0 bridgehead atoms. The number of rotatable bonds is 5. The number of nitrogens with one attached hydrogen (secondary N) is 1. The zero-order chi connectivity index (χ0) is 13.8. The molecular weight excluding hydrogens is 238 g/mol. The summed E-state index contributed by atoms with van der Waals surface area (Å²) in [5.74, 6) is 0.897. The lowest BCUT2D eigenvalue weighted by molar-refractivity contribution is 0.540. The van der Waals surface area contributed by atoms with Crippen LogP contribution in [0.4, 0.5) is 11.7 Å². The van der Waals surface area contributed by atoms with E-state index in [1.165, 1.54) is 11.3 Å². The van der Waals surface area contributed by atoms with E-state index in [1.54, 1.807) is 0 Å². The van der Waals surface area contributed by atoms with Crippen molar-refractivity contribution in [1.82, 2.24) is 4.98 Å². The molecular formula is C15H21N3O. The van der Waals surface area contributed by atoms with Crippen LogP contribution in [0.1, 0.15) is 17.0 Å². The summed E-state index contributed by atoms with van der Waals surface area (Å²) >= 11 is 0. The van der Waals surface area contributed by atoms with Gasteiger partial charge in [0.2, 0.25) is 0 Å². The van der Waals surface area contributed by atoms with Crippen LogP contribution in [0.25, 0.3) is 0 Å². The molecule has 0 fully saturated rings. The maximum atomic E-state index is 5.47. The highest BCUT2D eigenvalue weighted by atomic mass is 16.4. The third-order valence-electron chi connectivity index (χ3n) is 3.21. The van der Waals surface area contributed by atoms with Crippen LogP contribution in [-0.2, 0) is 12.8 Å². The van der Waals surface area contributed by atoms with Crippen LogP contribution in [-0.4, -0.2) is 26.1 Å². The smallest absolute Gasteiger partial charge is 0.294 e. The summed E-state index contributed by atoms with van der Waals surface area (Å²) in [5, 5.41) is 2.92. The average Bonchev–Trinajstić information content (AvgIpc) is 2.77. The van der Waals surface area contributed by atoms with Gasteiger partial charge in [-0.05, 0) is 37.5 Å². The molecule has 0 unspecified atom stereocenters. The number of aryl methyl sites for hydroxylation is 3. The molecule has 0 aliphatic carbocycles. The third-order valence-corrected chi connectivity index (χ3v) is 3.21. The van der Waals surface area contributed by atoms with E-state index in [0.29, 0.717) is 6.01 Å². The number of hydrogen-bond acceptors (Lipinski definition) is 4. The second kappa shape index (κ2) is 5.78. The Hall–Kier alpha value is -1.97. The highest BCUT2D eigenvalue weighted by Crippen LogP contribution is 2.17. The molecule has 0 spiro atoms. The van der Waals surface area contributed by atoms with Crippen LogP contribution in [0, 0.1) is 6.92 Å². The zero-order valence-corrected chi connectivity index (χ0v) is 12.0. The first-order valence-electron chi connectivity index (χ1n) is 6.50. The third kappa shape index (κ3) is 3.28. The average molecular weight is 259 g/mol. The molecule has 0 aliphatic rings. The lowest BCUT2D eigenvalue weighted by atomic mass is 10.1. The topological polar surface area (TPSA) is 41.3 Å². The van der Waals surface area contributed by atoms with E-state index >= 15 is 0 Å². The van der Waals surface area contributed by atoms with Crippen LogP contribution in [0.15, 0.2) is 28.7 Å². The van der Waals surface area contributed by atoms with Crippen LogP contribution < -0.4 is 10.2 Å². The van der Waals surface area contributed by atoms with Gasteiger partial charge in [-0.15, -0.1) is 0 Å². The lowest BCUT2D eigenvalue weighted by Crippen LogP contribution is -2.08. The molecule has 19 heavy (non-hydrogen) atoms. The Kier molecular flexibility index (Phi) is 4.10. The number of anilines is 2. The van der Waals surface area contributed by atoms with Crippen molar-refractivity contribution in [1.29, 1.82) is 0 Å². The molecule has 1 N–H and O–H groups in total. The number of hydrogen-bond donors (Lipinski definition) is 1. The summed E-state index contributed by atoms with van der Waals surface area (Å²) in [5.41, 5.74) is 3.57. The molecule has 1 aromatic heterocycles. The maximum absolute atomic E-state index is 5.47. The van der Waals surface area contributed by atoms with Crippen LogP contribution in [0.5, 0.6) is 0 Å². The van der Waals surface area contributed by atoms with Gasteiger partial charge in [0, 0.05) is 26.8 Å². The van der Waals surface area contributed by atoms with Crippen LogP contribution in [0.3, 0.4) is 0 Å². The Bertz CT molecular complexity index is 529. The van der Waals surface area contributed by atoms with Gasteiger partial charge in [0.05, 0.1) is 5.69 Å². The molecule has 4 heteroatoms. The van der Waals surface area contributed by atoms with Crippen molar-refractivity contribution < 1.29 is 4.42 Å². The molecule has 0 amide bonds. The normalized spacial score (nSPS) is 10.5. The highest BCUT2D eigenvalue weighted by Gasteiger charge is 2.08. The van der Waals surface area contributed by atoms with Gasteiger partial charge in [0.1, 0.15) is 5.76 Å². The minimum absolute atomic E-state index is 0.593. The Labute approximate surface area is 114 Å². The molecule has 1 heterocycles. The molecule has 0 atom stereocenters. The van der Waals surface area contributed by atoms with Gasteiger partial charge >= 0.3 is 0 Å². The lowest BCUT2D eigenvalue weighted by Gasteiger charge is -2.12. The van der Waals surface area contributed by atoms with E-state index in [-0.39, 0.29) is 0 Å². The van der Waals surface area contributed by atoms with Crippen molar-refractivity contribution in [2.75, 3.05) is 31.4 Å². The number of nitrogens with zero attached hydrogens (tertiary/aromatic N) is 2. The fourth-order valence-electron chi connectivity index (χ4n) is 1.99. The minimum atomic E-state index is 0.593. The Morgan fingerprint density at radius 3 is 2.37 bits per heavy atom. The molecule has 0 saturated heterocycles. The number of benzene rings is 1. The SMILES string of the molecule is CNc1nc(CCc2ccc(N(C)C)cc2)c(C)o1. The Morgan fingerprint density at radius 1 is 1.16 bits per heavy atom. The first-order chi connectivity index (χ1) is 9.10. The van der Waals surface area contributed by atoms with E-state index < -0.39 is 0 Å². The summed E-state index contributed by atoms with van der Waals surface area (Å²) in [6.45, 7) is 1.96. The van der Waals surface area contributed by atoms with Crippen molar-refractivity contribution in [3.63, 3.8) is 0 Å². The van der Waals surface area contributed by atoms with Gasteiger partial charge in [-0.2, -0.15) is 4.98 Å². The molecule has 2 rings (SSSR count). The first kappa shape index (κ1) is 13.5. The predicted molar refractivity (Wildman–Crippen MR) is 79.0 cm³/mol. The van der Waals surface area contributed by atoms with Gasteiger partial charge in [0.15, 0.2) is 0 Å². The summed E-state index contributed by atoms with van der Waals surface area (Å²) in [7, 11) is 5.91.